The van der Waals surface area contributed by atoms with Gasteiger partial charge in [-0.05, 0) is 56.2 Å². The first kappa shape index (κ1) is 16.0. The van der Waals surface area contributed by atoms with E-state index in [1.54, 1.807) is 0 Å². The van der Waals surface area contributed by atoms with E-state index in [1.807, 2.05) is 6.07 Å². The number of nitrogens with zero attached hydrogens (tertiary/aromatic N) is 2. The average molecular weight is 343 g/mol. The lowest BCUT2D eigenvalue weighted by atomic mass is 9.78. The molecule has 1 aliphatic carbocycles. The zero-order chi connectivity index (χ0) is 16.5. The number of amides is 1. The van der Waals surface area contributed by atoms with Crippen LogP contribution < -0.4 is 0 Å². The number of rotatable bonds is 3. The van der Waals surface area contributed by atoms with Crippen molar-refractivity contribution in [2.24, 2.45) is 5.92 Å². The molecular weight excluding hydrogens is 318 g/mol. The lowest BCUT2D eigenvalue weighted by Gasteiger charge is -2.44. The van der Waals surface area contributed by atoms with Gasteiger partial charge in [-0.25, -0.2) is 4.98 Å². The minimum absolute atomic E-state index is 0.285. The van der Waals surface area contributed by atoms with Crippen LogP contribution in [0.5, 0.6) is 0 Å². The number of piperidine rings is 1. The molecule has 2 fully saturated rings. The summed E-state index contributed by atoms with van der Waals surface area (Å²) in [6, 6.07) is 6.70. The Balaban J connectivity index is 1.41. The quantitative estimate of drug-likeness (QED) is 0.852. The summed E-state index contributed by atoms with van der Waals surface area (Å²) in [6.07, 6.45) is 7.61. The summed E-state index contributed by atoms with van der Waals surface area (Å²) in [4.78, 5) is 22.9. The number of imidazole rings is 1. The molecule has 1 aromatic heterocycles. The molecule has 1 amide bonds. The summed E-state index contributed by atoms with van der Waals surface area (Å²) in [5.41, 5.74) is 3.24. The van der Waals surface area contributed by atoms with Gasteiger partial charge in [0, 0.05) is 12.6 Å². The molecule has 0 unspecified atom stereocenters. The minimum Gasteiger partial charge on any atom is -0.339 e. The highest BCUT2D eigenvalue weighted by atomic mass is 32.2. The maximum absolute atomic E-state index is 12.8. The van der Waals surface area contributed by atoms with Crippen LogP contribution in [0.2, 0.25) is 0 Å². The largest absolute Gasteiger partial charge is 0.339 e. The smallest absolute Gasteiger partial charge is 0.233 e. The van der Waals surface area contributed by atoms with Crippen molar-refractivity contribution in [1.82, 2.24) is 14.9 Å². The highest BCUT2D eigenvalue weighted by Gasteiger charge is 2.35. The normalized spacial score (nSPS) is 24.1. The Labute approximate surface area is 147 Å². The SMILES string of the molecule is Cc1ccc2nc(SCC(=O)N3CCC[C@H]4CCCC[C@@H]43)[nH]c2c1. The summed E-state index contributed by atoms with van der Waals surface area (Å²) in [6.45, 7) is 3.02. The molecule has 1 saturated carbocycles. The van der Waals surface area contributed by atoms with Crippen molar-refractivity contribution in [2.45, 2.75) is 56.6 Å². The molecule has 4 rings (SSSR count). The van der Waals surface area contributed by atoms with Crippen molar-refractivity contribution in [1.29, 1.82) is 0 Å². The van der Waals surface area contributed by atoms with Gasteiger partial charge >= 0.3 is 0 Å². The molecule has 128 valence electrons. The van der Waals surface area contributed by atoms with Crippen LogP contribution in [0.3, 0.4) is 0 Å². The second-order valence-electron chi connectivity index (χ2n) is 7.19. The highest BCUT2D eigenvalue weighted by Crippen LogP contribution is 2.35. The van der Waals surface area contributed by atoms with Crippen molar-refractivity contribution in [3.05, 3.63) is 23.8 Å². The van der Waals surface area contributed by atoms with E-state index in [1.165, 1.54) is 55.9 Å². The van der Waals surface area contributed by atoms with E-state index in [4.69, 9.17) is 0 Å². The number of nitrogens with one attached hydrogen (secondary N) is 1. The molecule has 4 nitrogen and oxygen atoms in total. The van der Waals surface area contributed by atoms with E-state index >= 15 is 0 Å². The molecule has 2 aliphatic rings. The zero-order valence-corrected chi connectivity index (χ0v) is 15.1. The maximum atomic E-state index is 12.8. The number of thioether (sulfide) groups is 1. The van der Waals surface area contributed by atoms with Gasteiger partial charge in [0.2, 0.25) is 5.91 Å². The third kappa shape index (κ3) is 3.18. The van der Waals surface area contributed by atoms with Crippen molar-refractivity contribution in [3.8, 4) is 0 Å². The molecule has 1 aromatic carbocycles. The van der Waals surface area contributed by atoms with Crippen molar-refractivity contribution in [3.63, 3.8) is 0 Å². The van der Waals surface area contributed by atoms with Gasteiger partial charge in [0.1, 0.15) is 0 Å². The number of hydrogen-bond acceptors (Lipinski definition) is 3. The van der Waals surface area contributed by atoms with Gasteiger partial charge in [-0.1, -0.05) is 30.7 Å². The van der Waals surface area contributed by atoms with Gasteiger partial charge in [0.25, 0.3) is 0 Å². The molecular formula is C19H25N3OS. The minimum atomic E-state index is 0.285. The first-order valence-electron chi connectivity index (χ1n) is 9.09. The Kier molecular flexibility index (Phi) is 4.53. The van der Waals surface area contributed by atoms with Crippen LogP contribution >= 0.6 is 11.8 Å². The summed E-state index contributed by atoms with van der Waals surface area (Å²) < 4.78 is 0. The van der Waals surface area contributed by atoms with Crippen LogP contribution in [-0.2, 0) is 4.79 Å². The van der Waals surface area contributed by atoms with E-state index in [9.17, 15) is 4.79 Å². The molecule has 1 N–H and O–H groups in total. The van der Waals surface area contributed by atoms with Gasteiger partial charge in [0.05, 0.1) is 16.8 Å². The number of likely N-dealkylation sites (tertiary alicyclic amines) is 1. The summed E-state index contributed by atoms with van der Waals surface area (Å²) in [5.74, 6) is 1.52. The summed E-state index contributed by atoms with van der Waals surface area (Å²) in [5, 5.41) is 0.848. The molecule has 2 atom stereocenters. The number of H-pyrrole nitrogens is 1. The standard InChI is InChI=1S/C19H25N3OS/c1-13-8-9-15-16(11-13)21-19(20-15)24-12-18(23)22-10-4-6-14-5-2-3-7-17(14)22/h8-9,11,14,17H,2-7,10,12H2,1H3,(H,20,21)/t14-,17+/m1/s1. The van der Waals surface area contributed by atoms with Crippen molar-refractivity contribution < 1.29 is 4.79 Å². The van der Waals surface area contributed by atoms with Crippen LogP contribution in [0.25, 0.3) is 11.0 Å². The fraction of sp³-hybridized carbons (Fsp3) is 0.579. The second-order valence-corrected chi connectivity index (χ2v) is 8.16. The summed E-state index contributed by atoms with van der Waals surface area (Å²) in [7, 11) is 0. The van der Waals surface area contributed by atoms with E-state index in [0.29, 0.717) is 11.8 Å². The van der Waals surface area contributed by atoms with E-state index < -0.39 is 0 Å². The Morgan fingerprint density at radius 1 is 1.29 bits per heavy atom. The van der Waals surface area contributed by atoms with Crippen LogP contribution in [0, 0.1) is 12.8 Å². The van der Waals surface area contributed by atoms with Crippen molar-refractivity contribution in [2.75, 3.05) is 12.3 Å². The molecule has 2 aromatic rings. The Morgan fingerprint density at radius 3 is 3.04 bits per heavy atom. The van der Waals surface area contributed by atoms with Crippen LogP contribution in [0.1, 0.15) is 44.1 Å². The van der Waals surface area contributed by atoms with Gasteiger partial charge in [-0.3, -0.25) is 4.79 Å². The predicted octanol–water partition coefficient (Wildman–Crippen LogP) is 4.14. The number of aromatic amines is 1. The Hall–Kier alpha value is -1.49. The van der Waals surface area contributed by atoms with E-state index in [2.05, 4.69) is 33.9 Å². The fourth-order valence-corrected chi connectivity index (χ4v) is 5.09. The Bertz CT molecular complexity index is 739. The fourth-order valence-electron chi connectivity index (χ4n) is 4.32. The maximum Gasteiger partial charge on any atom is 0.233 e. The molecule has 2 heterocycles. The number of carbonyl (C=O) groups is 1. The predicted molar refractivity (Wildman–Crippen MR) is 98.2 cm³/mol. The van der Waals surface area contributed by atoms with Crippen LogP contribution in [0.4, 0.5) is 0 Å². The third-order valence-electron chi connectivity index (χ3n) is 5.51. The number of aryl methyl sites for hydroxylation is 1. The lowest BCUT2D eigenvalue weighted by molar-refractivity contribution is -0.134. The summed E-state index contributed by atoms with van der Waals surface area (Å²) >= 11 is 1.54. The van der Waals surface area contributed by atoms with Crippen LogP contribution in [-0.4, -0.2) is 39.1 Å². The highest BCUT2D eigenvalue weighted by molar-refractivity contribution is 7.99. The molecule has 0 bridgehead atoms. The van der Waals surface area contributed by atoms with Gasteiger partial charge < -0.3 is 9.88 Å². The number of hydrogen-bond donors (Lipinski definition) is 1. The number of fused-ring (bicyclic) bond motifs is 2. The number of carbonyl (C=O) groups excluding carboxylic acids is 1. The Morgan fingerprint density at radius 2 is 2.12 bits per heavy atom. The molecule has 1 saturated heterocycles. The van der Waals surface area contributed by atoms with Gasteiger partial charge in [0.15, 0.2) is 5.16 Å². The van der Waals surface area contributed by atoms with Crippen molar-refractivity contribution >= 4 is 28.7 Å². The first-order valence-corrected chi connectivity index (χ1v) is 10.1. The van der Waals surface area contributed by atoms with E-state index in [0.717, 1.165) is 28.7 Å². The number of aromatic nitrogens is 2. The first-order chi connectivity index (χ1) is 11.7. The van der Waals surface area contributed by atoms with E-state index in [-0.39, 0.29) is 5.91 Å². The van der Waals surface area contributed by atoms with Crippen LogP contribution in [0.15, 0.2) is 23.4 Å². The monoisotopic (exact) mass is 343 g/mol. The molecule has 24 heavy (non-hydrogen) atoms. The zero-order valence-electron chi connectivity index (χ0n) is 14.3. The second kappa shape index (κ2) is 6.79. The lowest BCUT2D eigenvalue weighted by Crippen LogP contribution is -2.50. The van der Waals surface area contributed by atoms with Gasteiger partial charge in [-0.2, -0.15) is 0 Å². The number of benzene rings is 1. The molecule has 0 spiro atoms. The topological polar surface area (TPSA) is 49.0 Å². The molecule has 0 radical (unpaired) electrons. The van der Waals surface area contributed by atoms with Gasteiger partial charge in [-0.15, -0.1) is 0 Å². The average Bonchev–Trinajstić information content (AvgIpc) is 3.01. The third-order valence-corrected chi connectivity index (χ3v) is 6.37. The molecule has 1 aliphatic heterocycles. The molecule has 5 heteroatoms.